The number of hydrazine groups is 1. The van der Waals surface area contributed by atoms with Crippen molar-refractivity contribution < 1.29 is 5.11 Å². The van der Waals surface area contributed by atoms with Crippen LogP contribution in [0, 0.1) is 0 Å². The average Bonchev–Trinajstić information content (AvgIpc) is 2.27. The largest absolute Gasteiger partial charge is 0.373 e. The molecule has 2 rings (SSSR count). The van der Waals surface area contributed by atoms with Crippen LogP contribution in [0.15, 0.2) is 36.7 Å². The summed E-state index contributed by atoms with van der Waals surface area (Å²) < 4.78 is 0. The third-order valence-electron chi connectivity index (χ3n) is 2.14. The minimum absolute atomic E-state index is 0.730. The number of aromatic nitrogens is 1. The highest BCUT2D eigenvalue weighted by Gasteiger charge is 2.04. The van der Waals surface area contributed by atoms with Crippen LogP contribution in [0.2, 0.25) is 0 Å². The standard InChI is InChI=1S/C10H11N3O/c11-13-10(14)8-2-1-7-3-4-12-6-9(7)5-8/h1-6,10,13-14H,11H2. The van der Waals surface area contributed by atoms with Crippen LogP contribution < -0.4 is 11.3 Å². The Balaban J connectivity index is 2.51. The number of aliphatic hydroxyl groups excluding tert-OH is 1. The number of aliphatic hydroxyl groups is 1. The second-order valence-electron chi connectivity index (χ2n) is 3.05. The average molecular weight is 189 g/mol. The normalized spacial score (nSPS) is 13.0. The Bertz CT molecular complexity index is 444. The summed E-state index contributed by atoms with van der Waals surface area (Å²) >= 11 is 0. The maximum absolute atomic E-state index is 9.43. The van der Waals surface area contributed by atoms with Gasteiger partial charge in [0.05, 0.1) is 0 Å². The Labute approximate surface area is 81.4 Å². The number of hydrogen-bond donors (Lipinski definition) is 3. The van der Waals surface area contributed by atoms with E-state index < -0.39 is 6.23 Å². The van der Waals surface area contributed by atoms with Crippen LogP contribution in [0.1, 0.15) is 11.8 Å². The summed E-state index contributed by atoms with van der Waals surface area (Å²) in [6, 6.07) is 7.52. The van der Waals surface area contributed by atoms with Gasteiger partial charge in [0.1, 0.15) is 6.23 Å². The van der Waals surface area contributed by atoms with E-state index >= 15 is 0 Å². The van der Waals surface area contributed by atoms with E-state index in [1.165, 1.54) is 0 Å². The first-order valence-corrected chi connectivity index (χ1v) is 4.29. The summed E-state index contributed by atoms with van der Waals surface area (Å²) in [5, 5.41) is 11.5. The number of nitrogens with one attached hydrogen (secondary N) is 1. The zero-order valence-corrected chi connectivity index (χ0v) is 7.51. The summed E-state index contributed by atoms with van der Waals surface area (Å²) in [4.78, 5) is 4.01. The van der Waals surface area contributed by atoms with Crippen LogP contribution >= 0.6 is 0 Å². The van der Waals surface area contributed by atoms with Crippen molar-refractivity contribution in [1.82, 2.24) is 10.4 Å². The summed E-state index contributed by atoms with van der Waals surface area (Å²) in [6.45, 7) is 0. The van der Waals surface area contributed by atoms with Crippen LogP contribution in [-0.2, 0) is 0 Å². The third kappa shape index (κ3) is 1.58. The number of nitrogens with zero attached hydrogens (tertiary/aromatic N) is 1. The van der Waals surface area contributed by atoms with E-state index in [0.717, 1.165) is 16.3 Å². The highest BCUT2D eigenvalue weighted by molar-refractivity contribution is 5.82. The van der Waals surface area contributed by atoms with Gasteiger partial charge >= 0.3 is 0 Å². The number of benzene rings is 1. The predicted octanol–water partition coefficient (Wildman–Crippen LogP) is 0.689. The SMILES string of the molecule is NNC(O)c1ccc2ccncc2c1. The van der Waals surface area contributed by atoms with Crippen molar-refractivity contribution in [3.63, 3.8) is 0 Å². The van der Waals surface area contributed by atoms with Gasteiger partial charge in [-0.2, -0.15) is 0 Å². The van der Waals surface area contributed by atoms with Gasteiger partial charge in [0.25, 0.3) is 0 Å². The second kappa shape index (κ2) is 3.71. The molecule has 4 N–H and O–H groups in total. The number of fused-ring (bicyclic) bond motifs is 1. The minimum atomic E-state index is -0.834. The molecule has 0 aliphatic heterocycles. The van der Waals surface area contributed by atoms with Crippen molar-refractivity contribution in [3.05, 3.63) is 42.2 Å². The molecule has 0 spiro atoms. The lowest BCUT2D eigenvalue weighted by Gasteiger charge is -2.09. The van der Waals surface area contributed by atoms with E-state index in [2.05, 4.69) is 10.4 Å². The first kappa shape index (κ1) is 9.08. The fourth-order valence-corrected chi connectivity index (χ4v) is 1.37. The van der Waals surface area contributed by atoms with Gasteiger partial charge in [0.15, 0.2) is 0 Å². The molecule has 1 unspecified atom stereocenters. The van der Waals surface area contributed by atoms with Gasteiger partial charge in [0.2, 0.25) is 0 Å². The first-order chi connectivity index (χ1) is 6.81. The molecule has 0 aliphatic rings. The Morgan fingerprint density at radius 3 is 2.93 bits per heavy atom. The van der Waals surface area contributed by atoms with Gasteiger partial charge in [-0.1, -0.05) is 12.1 Å². The molecule has 1 atom stereocenters. The van der Waals surface area contributed by atoms with Crippen molar-refractivity contribution >= 4 is 10.8 Å². The maximum Gasteiger partial charge on any atom is 0.143 e. The Morgan fingerprint density at radius 2 is 2.14 bits per heavy atom. The van der Waals surface area contributed by atoms with Crippen molar-refractivity contribution in [2.75, 3.05) is 0 Å². The van der Waals surface area contributed by atoms with Crippen molar-refractivity contribution in [2.45, 2.75) is 6.23 Å². The molecule has 4 nitrogen and oxygen atoms in total. The molecule has 0 amide bonds. The van der Waals surface area contributed by atoms with Gasteiger partial charge in [-0.05, 0) is 23.1 Å². The van der Waals surface area contributed by atoms with Crippen LogP contribution in [0.4, 0.5) is 0 Å². The van der Waals surface area contributed by atoms with Crippen molar-refractivity contribution in [2.24, 2.45) is 5.84 Å². The highest BCUT2D eigenvalue weighted by Crippen LogP contribution is 2.17. The fourth-order valence-electron chi connectivity index (χ4n) is 1.37. The molecule has 4 heteroatoms. The summed E-state index contributed by atoms with van der Waals surface area (Å²) in [5.74, 6) is 5.13. The molecule has 14 heavy (non-hydrogen) atoms. The van der Waals surface area contributed by atoms with E-state index in [0.29, 0.717) is 0 Å². The second-order valence-corrected chi connectivity index (χ2v) is 3.05. The number of rotatable bonds is 2. The maximum atomic E-state index is 9.43. The molecule has 0 radical (unpaired) electrons. The fraction of sp³-hybridized carbons (Fsp3) is 0.100. The lowest BCUT2D eigenvalue weighted by molar-refractivity contribution is 0.140. The molecule has 1 heterocycles. The molecule has 1 aromatic carbocycles. The zero-order valence-electron chi connectivity index (χ0n) is 7.51. The molecule has 0 fully saturated rings. The highest BCUT2D eigenvalue weighted by atomic mass is 16.3. The molecule has 1 aromatic heterocycles. The zero-order chi connectivity index (χ0) is 9.97. The Kier molecular flexibility index (Phi) is 2.41. The lowest BCUT2D eigenvalue weighted by atomic mass is 10.1. The molecular weight excluding hydrogens is 178 g/mol. The molecule has 0 saturated heterocycles. The monoisotopic (exact) mass is 189 g/mol. The predicted molar refractivity (Wildman–Crippen MR) is 54.0 cm³/mol. The Morgan fingerprint density at radius 1 is 1.29 bits per heavy atom. The molecular formula is C10H11N3O. The molecule has 2 aromatic rings. The summed E-state index contributed by atoms with van der Waals surface area (Å²) in [7, 11) is 0. The van der Waals surface area contributed by atoms with Gasteiger partial charge in [-0.3, -0.25) is 10.8 Å². The molecule has 72 valence electrons. The van der Waals surface area contributed by atoms with Crippen LogP contribution in [0.5, 0.6) is 0 Å². The van der Waals surface area contributed by atoms with Gasteiger partial charge in [-0.25, -0.2) is 5.43 Å². The van der Waals surface area contributed by atoms with Gasteiger partial charge in [0, 0.05) is 17.8 Å². The minimum Gasteiger partial charge on any atom is -0.373 e. The van der Waals surface area contributed by atoms with E-state index in [-0.39, 0.29) is 0 Å². The lowest BCUT2D eigenvalue weighted by Crippen LogP contribution is -2.27. The number of nitrogens with two attached hydrogens (primary N) is 1. The van der Waals surface area contributed by atoms with E-state index in [1.54, 1.807) is 12.4 Å². The van der Waals surface area contributed by atoms with E-state index in [9.17, 15) is 5.11 Å². The van der Waals surface area contributed by atoms with Crippen molar-refractivity contribution in [1.29, 1.82) is 0 Å². The molecule has 0 saturated carbocycles. The number of hydrogen-bond acceptors (Lipinski definition) is 4. The molecule has 0 aliphatic carbocycles. The first-order valence-electron chi connectivity index (χ1n) is 4.29. The van der Waals surface area contributed by atoms with Gasteiger partial charge < -0.3 is 5.11 Å². The quantitative estimate of drug-likeness (QED) is 0.369. The smallest absolute Gasteiger partial charge is 0.143 e. The summed E-state index contributed by atoms with van der Waals surface area (Å²) in [5.41, 5.74) is 3.01. The topological polar surface area (TPSA) is 71.2 Å². The van der Waals surface area contributed by atoms with E-state index in [1.807, 2.05) is 24.3 Å². The molecule has 0 bridgehead atoms. The van der Waals surface area contributed by atoms with Crippen LogP contribution in [-0.4, -0.2) is 10.1 Å². The summed E-state index contributed by atoms with van der Waals surface area (Å²) in [6.07, 6.45) is 2.65. The van der Waals surface area contributed by atoms with Crippen molar-refractivity contribution in [3.8, 4) is 0 Å². The van der Waals surface area contributed by atoms with Crippen LogP contribution in [0.3, 0.4) is 0 Å². The third-order valence-corrected chi connectivity index (χ3v) is 2.14. The van der Waals surface area contributed by atoms with Crippen LogP contribution in [0.25, 0.3) is 10.8 Å². The van der Waals surface area contributed by atoms with E-state index in [4.69, 9.17) is 5.84 Å². The Hall–Kier alpha value is -1.49. The van der Waals surface area contributed by atoms with Gasteiger partial charge in [-0.15, -0.1) is 0 Å². The number of pyridine rings is 1.